The molecule has 0 spiro atoms. The molecule has 17 heavy (non-hydrogen) atoms. The summed E-state index contributed by atoms with van der Waals surface area (Å²) in [4.78, 5) is 0. The van der Waals surface area contributed by atoms with Crippen LogP contribution in [-0.2, 0) is 4.74 Å². The van der Waals surface area contributed by atoms with Gasteiger partial charge in [0, 0.05) is 7.11 Å². The highest BCUT2D eigenvalue weighted by molar-refractivity contribution is 5.21. The van der Waals surface area contributed by atoms with Gasteiger partial charge in [0.25, 0.3) is 0 Å². The molecule has 0 saturated heterocycles. The number of benzene rings is 1. The molecule has 1 heterocycles. The molecule has 1 aromatic heterocycles. The van der Waals surface area contributed by atoms with Crippen molar-refractivity contribution in [2.75, 3.05) is 7.11 Å². The van der Waals surface area contributed by atoms with Crippen molar-refractivity contribution in [3.8, 4) is 0 Å². The zero-order valence-corrected chi connectivity index (χ0v) is 9.83. The van der Waals surface area contributed by atoms with Crippen molar-refractivity contribution in [1.29, 1.82) is 0 Å². The van der Waals surface area contributed by atoms with Gasteiger partial charge >= 0.3 is 0 Å². The summed E-state index contributed by atoms with van der Waals surface area (Å²) in [5, 5.41) is 7.85. The molecule has 0 aliphatic rings. The molecule has 0 fully saturated rings. The predicted octanol–water partition coefficient (Wildman–Crippen LogP) is 1.83. The summed E-state index contributed by atoms with van der Waals surface area (Å²) in [7, 11) is 1.60. The van der Waals surface area contributed by atoms with Gasteiger partial charge in [-0.3, -0.25) is 0 Å². The fourth-order valence-corrected chi connectivity index (χ4v) is 1.54. The Morgan fingerprint density at radius 1 is 1.18 bits per heavy atom. The summed E-state index contributed by atoms with van der Waals surface area (Å²) in [5.74, 6) is 0.837. The van der Waals surface area contributed by atoms with Gasteiger partial charge in [0.05, 0.1) is 6.04 Å². The van der Waals surface area contributed by atoms with E-state index in [-0.39, 0.29) is 12.1 Å². The molecule has 0 saturated carbocycles. The van der Waals surface area contributed by atoms with Crippen LogP contribution in [0.25, 0.3) is 0 Å². The highest BCUT2D eigenvalue weighted by Crippen LogP contribution is 2.24. The Morgan fingerprint density at radius 3 is 2.35 bits per heavy atom. The molecular formula is C12H15N3O2. The Kier molecular flexibility index (Phi) is 3.51. The highest BCUT2D eigenvalue weighted by Gasteiger charge is 2.20. The van der Waals surface area contributed by atoms with Crippen LogP contribution in [0, 0.1) is 0 Å². The quantitative estimate of drug-likeness (QED) is 0.871. The lowest BCUT2D eigenvalue weighted by Crippen LogP contribution is -2.05. The fourth-order valence-electron chi connectivity index (χ4n) is 1.54. The van der Waals surface area contributed by atoms with Gasteiger partial charge < -0.3 is 14.9 Å². The Bertz CT molecular complexity index is 468. The molecule has 0 bridgehead atoms. The van der Waals surface area contributed by atoms with Crippen LogP contribution in [0.2, 0.25) is 0 Å². The van der Waals surface area contributed by atoms with Crippen LogP contribution in [-0.4, -0.2) is 17.3 Å². The molecule has 2 N–H and O–H groups in total. The maximum Gasteiger partial charge on any atom is 0.249 e. The van der Waals surface area contributed by atoms with E-state index >= 15 is 0 Å². The number of nitrogens with two attached hydrogens (primary N) is 1. The molecule has 5 nitrogen and oxygen atoms in total. The number of nitrogens with zero attached hydrogens (tertiary/aromatic N) is 2. The van der Waals surface area contributed by atoms with Crippen LogP contribution in [0.5, 0.6) is 0 Å². The van der Waals surface area contributed by atoms with Crippen molar-refractivity contribution in [2.45, 2.75) is 19.1 Å². The molecule has 2 aromatic rings. The Morgan fingerprint density at radius 2 is 1.82 bits per heavy atom. The maximum absolute atomic E-state index is 5.67. The van der Waals surface area contributed by atoms with E-state index < -0.39 is 0 Å². The lowest BCUT2D eigenvalue weighted by Gasteiger charge is -2.10. The first kappa shape index (κ1) is 11.8. The lowest BCUT2D eigenvalue weighted by molar-refractivity contribution is 0.110. The molecule has 0 radical (unpaired) electrons. The third kappa shape index (κ3) is 2.51. The van der Waals surface area contributed by atoms with E-state index in [1.165, 1.54) is 0 Å². The zero-order valence-electron chi connectivity index (χ0n) is 9.83. The normalized spacial score (nSPS) is 14.5. The van der Waals surface area contributed by atoms with Crippen molar-refractivity contribution in [1.82, 2.24) is 10.2 Å². The monoisotopic (exact) mass is 233 g/mol. The SMILES string of the molecule is COC(c1ccccc1)c1nnc(C(C)N)o1. The second-order valence-electron chi connectivity index (χ2n) is 3.79. The average molecular weight is 233 g/mol. The minimum Gasteiger partial charge on any atom is -0.420 e. The van der Waals surface area contributed by atoms with Crippen LogP contribution in [0.4, 0.5) is 0 Å². The first-order valence-corrected chi connectivity index (χ1v) is 5.39. The zero-order chi connectivity index (χ0) is 12.3. The van der Waals surface area contributed by atoms with Crippen LogP contribution in [0.15, 0.2) is 34.7 Å². The van der Waals surface area contributed by atoms with Gasteiger partial charge in [-0.2, -0.15) is 0 Å². The summed E-state index contributed by atoms with van der Waals surface area (Å²) < 4.78 is 10.9. The molecule has 5 heteroatoms. The minimum atomic E-state index is -0.351. The van der Waals surface area contributed by atoms with Gasteiger partial charge in [0.15, 0.2) is 6.10 Å². The van der Waals surface area contributed by atoms with Gasteiger partial charge in [-0.1, -0.05) is 30.3 Å². The number of ether oxygens (including phenoxy) is 1. The third-order valence-electron chi connectivity index (χ3n) is 2.41. The molecule has 2 atom stereocenters. The van der Waals surface area contributed by atoms with E-state index in [1.807, 2.05) is 30.3 Å². The molecule has 1 aromatic carbocycles. The molecule has 2 unspecified atom stereocenters. The largest absolute Gasteiger partial charge is 0.420 e. The van der Waals surface area contributed by atoms with Crippen molar-refractivity contribution >= 4 is 0 Å². The van der Waals surface area contributed by atoms with Crippen LogP contribution in [0.1, 0.15) is 36.4 Å². The van der Waals surface area contributed by atoms with E-state index in [1.54, 1.807) is 14.0 Å². The molecule has 0 aliphatic heterocycles. The fraction of sp³-hybridized carbons (Fsp3) is 0.333. The number of rotatable bonds is 4. The summed E-state index contributed by atoms with van der Waals surface area (Å²) in [6.07, 6.45) is -0.351. The lowest BCUT2D eigenvalue weighted by atomic mass is 10.1. The minimum absolute atomic E-state index is 0.274. The maximum atomic E-state index is 5.67. The second kappa shape index (κ2) is 5.07. The standard InChI is InChI=1S/C12H15N3O2/c1-8(13)11-14-15-12(17-11)10(16-2)9-6-4-3-5-7-9/h3-8,10H,13H2,1-2H3. The molecule has 90 valence electrons. The third-order valence-corrected chi connectivity index (χ3v) is 2.41. The first-order chi connectivity index (χ1) is 8.22. The molecular weight excluding hydrogens is 218 g/mol. The van der Waals surface area contributed by atoms with Gasteiger partial charge in [-0.15, -0.1) is 10.2 Å². The van der Waals surface area contributed by atoms with Crippen LogP contribution < -0.4 is 5.73 Å². The molecule has 2 rings (SSSR count). The smallest absolute Gasteiger partial charge is 0.249 e. The van der Waals surface area contributed by atoms with E-state index in [0.717, 1.165) is 5.56 Å². The van der Waals surface area contributed by atoms with Crippen LogP contribution >= 0.6 is 0 Å². The summed E-state index contributed by atoms with van der Waals surface area (Å²) in [6, 6.07) is 9.43. The molecule has 0 amide bonds. The summed E-state index contributed by atoms with van der Waals surface area (Å²) in [5.41, 5.74) is 6.64. The van der Waals surface area contributed by atoms with Gasteiger partial charge in [0.1, 0.15) is 0 Å². The topological polar surface area (TPSA) is 74.2 Å². The van der Waals surface area contributed by atoms with Crippen LogP contribution in [0.3, 0.4) is 0 Å². The van der Waals surface area contributed by atoms with Crippen molar-refractivity contribution in [3.05, 3.63) is 47.7 Å². The van der Waals surface area contributed by atoms with E-state index in [2.05, 4.69) is 10.2 Å². The highest BCUT2D eigenvalue weighted by atomic mass is 16.5. The van der Waals surface area contributed by atoms with Crippen molar-refractivity contribution in [2.24, 2.45) is 5.73 Å². The Hall–Kier alpha value is -1.72. The second-order valence-corrected chi connectivity index (χ2v) is 3.79. The van der Waals surface area contributed by atoms with Crippen molar-refractivity contribution in [3.63, 3.8) is 0 Å². The molecule has 0 aliphatic carbocycles. The van der Waals surface area contributed by atoms with Gasteiger partial charge in [0.2, 0.25) is 11.8 Å². The number of methoxy groups -OCH3 is 1. The Balaban J connectivity index is 2.29. The number of hydrogen-bond donors (Lipinski definition) is 1. The number of aromatic nitrogens is 2. The van der Waals surface area contributed by atoms with Gasteiger partial charge in [-0.05, 0) is 12.5 Å². The summed E-state index contributed by atoms with van der Waals surface area (Å²) in [6.45, 7) is 1.79. The number of hydrogen-bond acceptors (Lipinski definition) is 5. The summed E-state index contributed by atoms with van der Waals surface area (Å²) >= 11 is 0. The Labute approximate surface area is 99.6 Å². The van der Waals surface area contributed by atoms with E-state index in [0.29, 0.717) is 11.8 Å². The van der Waals surface area contributed by atoms with Crippen molar-refractivity contribution < 1.29 is 9.15 Å². The van der Waals surface area contributed by atoms with E-state index in [4.69, 9.17) is 14.9 Å². The average Bonchev–Trinajstić information content (AvgIpc) is 2.81. The predicted molar refractivity (Wildman–Crippen MR) is 62.2 cm³/mol. The first-order valence-electron chi connectivity index (χ1n) is 5.39. The van der Waals surface area contributed by atoms with E-state index in [9.17, 15) is 0 Å². The van der Waals surface area contributed by atoms with Gasteiger partial charge in [-0.25, -0.2) is 0 Å².